The summed E-state index contributed by atoms with van der Waals surface area (Å²) >= 11 is 0. The molecule has 2 nitrogen and oxygen atoms in total. The van der Waals surface area contributed by atoms with Crippen LogP contribution in [0.1, 0.15) is 32.3 Å². The first kappa shape index (κ1) is 14.3. The van der Waals surface area contributed by atoms with Gasteiger partial charge in [-0.05, 0) is 56.0 Å². The van der Waals surface area contributed by atoms with Crippen molar-refractivity contribution < 1.29 is 4.39 Å². The van der Waals surface area contributed by atoms with Crippen molar-refractivity contribution in [2.45, 2.75) is 39.7 Å². The Morgan fingerprint density at radius 1 is 1.37 bits per heavy atom. The Hall–Kier alpha value is -1.09. The predicted molar refractivity (Wildman–Crippen MR) is 79.2 cm³/mol. The van der Waals surface area contributed by atoms with E-state index in [0.29, 0.717) is 12.0 Å². The number of nitrogens with zero attached hydrogens (tertiary/aromatic N) is 1. The second-order valence-corrected chi connectivity index (χ2v) is 5.76. The molecule has 0 spiro atoms. The Labute approximate surface area is 116 Å². The Bertz CT molecular complexity index is 399. The molecule has 1 aromatic carbocycles. The fraction of sp³-hybridized carbons (Fsp3) is 0.625. The molecule has 2 unspecified atom stereocenters. The number of nitrogens with one attached hydrogen (secondary N) is 1. The first-order valence-electron chi connectivity index (χ1n) is 7.35. The molecule has 1 N–H and O–H groups in total. The number of benzene rings is 1. The van der Waals surface area contributed by atoms with Crippen LogP contribution in [0.15, 0.2) is 18.2 Å². The summed E-state index contributed by atoms with van der Waals surface area (Å²) in [6, 6.07) is 5.92. The second kappa shape index (κ2) is 6.38. The Morgan fingerprint density at radius 3 is 2.79 bits per heavy atom. The highest BCUT2D eigenvalue weighted by Gasteiger charge is 2.25. The number of aryl methyl sites for hydroxylation is 1. The van der Waals surface area contributed by atoms with Crippen LogP contribution >= 0.6 is 0 Å². The van der Waals surface area contributed by atoms with Gasteiger partial charge in [-0.25, -0.2) is 4.39 Å². The lowest BCUT2D eigenvalue weighted by Gasteiger charge is -2.39. The molecule has 106 valence electrons. The lowest BCUT2D eigenvalue weighted by molar-refractivity contribution is 0.322. The highest BCUT2D eigenvalue weighted by Crippen LogP contribution is 2.25. The van der Waals surface area contributed by atoms with Gasteiger partial charge >= 0.3 is 0 Å². The Balaban J connectivity index is 2.01. The smallest absolute Gasteiger partial charge is 0.125 e. The Morgan fingerprint density at radius 2 is 2.16 bits per heavy atom. The molecule has 0 aliphatic carbocycles. The molecule has 0 bridgehead atoms. The maximum absolute atomic E-state index is 13.5. The van der Waals surface area contributed by atoms with Crippen molar-refractivity contribution in [1.82, 2.24) is 5.32 Å². The van der Waals surface area contributed by atoms with Crippen LogP contribution in [0.3, 0.4) is 0 Å². The van der Waals surface area contributed by atoms with E-state index in [-0.39, 0.29) is 5.82 Å². The van der Waals surface area contributed by atoms with Crippen molar-refractivity contribution >= 4 is 5.69 Å². The largest absolute Gasteiger partial charge is 0.371 e. The minimum Gasteiger partial charge on any atom is -0.371 e. The van der Waals surface area contributed by atoms with Crippen molar-refractivity contribution in [2.75, 3.05) is 24.5 Å². The molecule has 2 atom stereocenters. The molecular weight excluding hydrogens is 239 g/mol. The first-order valence-corrected chi connectivity index (χ1v) is 7.35. The van der Waals surface area contributed by atoms with Crippen molar-refractivity contribution in [3.8, 4) is 0 Å². The Kier molecular flexibility index (Phi) is 4.81. The molecule has 1 saturated heterocycles. The van der Waals surface area contributed by atoms with Gasteiger partial charge in [0.25, 0.3) is 0 Å². The van der Waals surface area contributed by atoms with Gasteiger partial charge < -0.3 is 10.2 Å². The van der Waals surface area contributed by atoms with Gasteiger partial charge in [-0.1, -0.05) is 13.8 Å². The second-order valence-electron chi connectivity index (χ2n) is 5.76. The van der Waals surface area contributed by atoms with Gasteiger partial charge in [0.2, 0.25) is 0 Å². The first-order chi connectivity index (χ1) is 9.10. The number of anilines is 1. The number of halogens is 1. The van der Waals surface area contributed by atoms with Crippen LogP contribution in [0.25, 0.3) is 0 Å². The number of hydrogen-bond acceptors (Lipinski definition) is 2. The molecule has 0 aromatic heterocycles. The normalized spacial score (nSPS) is 23.7. The van der Waals surface area contributed by atoms with Gasteiger partial charge in [0.05, 0.1) is 0 Å². The van der Waals surface area contributed by atoms with Gasteiger partial charge in [0, 0.05) is 24.8 Å². The van der Waals surface area contributed by atoms with Crippen LogP contribution < -0.4 is 10.2 Å². The van der Waals surface area contributed by atoms with E-state index in [1.807, 2.05) is 6.92 Å². The molecule has 0 amide bonds. The third-order valence-electron chi connectivity index (χ3n) is 3.95. The van der Waals surface area contributed by atoms with E-state index in [1.54, 1.807) is 12.1 Å². The summed E-state index contributed by atoms with van der Waals surface area (Å²) in [5.74, 6) is 0.470. The molecule has 1 fully saturated rings. The summed E-state index contributed by atoms with van der Waals surface area (Å²) in [5.41, 5.74) is 2.02. The predicted octanol–water partition coefficient (Wildman–Crippen LogP) is 3.35. The zero-order chi connectivity index (χ0) is 13.8. The van der Waals surface area contributed by atoms with Crippen LogP contribution in [-0.2, 0) is 0 Å². The van der Waals surface area contributed by atoms with Crippen LogP contribution in [0.4, 0.5) is 10.1 Å². The summed E-state index contributed by atoms with van der Waals surface area (Å²) < 4.78 is 13.5. The molecule has 1 aliphatic heterocycles. The number of piperidine rings is 1. The van der Waals surface area contributed by atoms with E-state index >= 15 is 0 Å². The lowest BCUT2D eigenvalue weighted by atomic mass is 9.93. The average molecular weight is 264 g/mol. The van der Waals surface area contributed by atoms with Crippen LogP contribution in [0.5, 0.6) is 0 Å². The summed E-state index contributed by atoms with van der Waals surface area (Å²) in [4.78, 5) is 2.31. The van der Waals surface area contributed by atoms with E-state index in [9.17, 15) is 4.39 Å². The maximum atomic E-state index is 13.5. The minimum absolute atomic E-state index is 0.131. The third kappa shape index (κ3) is 3.69. The van der Waals surface area contributed by atoms with Crippen molar-refractivity contribution in [2.24, 2.45) is 5.92 Å². The van der Waals surface area contributed by atoms with Crippen LogP contribution in [0, 0.1) is 18.7 Å². The summed E-state index contributed by atoms with van der Waals surface area (Å²) in [7, 11) is 0. The van der Waals surface area contributed by atoms with Gasteiger partial charge in [0.1, 0.15) is 5.82 Å². The van der Waals surface area contributed by atoms with Crippen LogP contribution in [0.2, 0.25) is 0 Å². The van der Waals surface area contributed by atoms with E-state index in [4.69, 9.17) is 0 Å². The molecule has 0 radical (unpaired) electrons. The van der Waals surface area contributed by atoms with Gasteiger partial charge in [-0.2, -0.15) is 0 Å². The summed E-state index contributed by atoms with van der Waals surface area (Å²) in [6.07, 6.45) is 2.31. The fourth-order valence-corrected chi connectivity index (χ4v) is 2.91. The monoisotopic (exact) mass is 264 g/mol. The molecule has 19 heavy (non-hydrogen) atoms. The SMILES string of the molecule is CCCNC1CCN(c2cc(C)cc(F)c2)CC1C. The zero-order valence-electron chi connectivity index (χ0n) is 12.2. The molecule has 0 saturated carbocycles. The minimum atomic E-state index is -0.131. The standard InChI is InChI=1S/C16H25FN2/c1-4-6-18-16-5-7-19(11-13(16)3)15-9-12(2)8-14(17)10-15/h8-10,13,16,18H,4-7,11H2,1-3H3. The average Bonchev–Trinajstić information content (AvgIpc) is 2.36. The third-order valence-corrected chi connectivity index (χ3v) is 3.95. The summed E-state index contributed by atoms with van der Waals surface area (Å²) in [6.45, 7) is 9.53. The molecule has 1 heterocycles. The van der Waals surface area contributed by atoms with Gasteiger partial charge in [-0.15, -0.1) is 0 Å². The fourth-order valence-electron chi connectivity index (χ4n) is 2.91. The van der Waals surface area contributed by atoms with Crippen molar-refractivity contribution in [3.63, 3.8) is 0 Å². The van der Waals surface area contributed by atoms with E-state index in [1.165, 1.54) is 6.42 Å². The zero-order valence-corrected chi connectivity index (χ0v) is 12.2. The topological polar surface area (TPSA) is 15.3 Å². The summed E-state index contributed by atoms with van der Waals surface area (Å²) in [5, 5.41) is 3.62. The number of hydrogen-bond donors (Lipinski definition) is 1. The lowest BCUT2D eigenvalue weighted by Crippen LogP contribution is -2.48. The quantitative estimate of drug-likeness (QED) is 0.897. The van der Waals surface area contributed by atoms with Crippen molar-refractivity contribution in [1.29, 1.82) is 0 Å². The van der Waals surface area contributed by atoms with Crippen molar-refractivity contribution in [3.05, 3.63) is 29.6 Å². The van der Waals surface area contributed by atoms with E-state index in [0.717, 1.165) is 37.3 Å². The molecule has 2 rings (SSSR count). The van der Waals surface area contributed by atoms with E-state index < -0.39 is 0 Å². The van der Waals surface area contributed by atoms with Crippen LogP contribution in [-0.4, -0.2) is 25.7 Å². The van der Waals surface area contributed by atoms with Gasteiger partial charge in [0.15, 0.2) is 0 Å². The molecule has 1 aliphatic rings. The maximum Gasteiger partial charge on any atom is 0.125 e. The van der Waals surface area contributed by atoms with Gasteiger partial charge in [-0.3, -0.25) is 0 Å². The van der Waals surface area contributed by atoms with E-state index in [2.05, 4.69) is 30.1 Å². The molecule has 3 heteroatoms. The highest BCUT2D eigenvalue weighted by atomic mass is 19.1. The molecular formula is C16H25FN2. The number of rotatable bonds is 4. The molecule has 1 aromatic rings. The highest BCUT2D eigenvalue weighted by molar-refractivity contribution is 5.49.